The number of amides is 1. The van der Waals surface area contributed by atoms with Crippen molar-refractivity contribution < 1.29 is 19.4 Å². The van der Waals surface area contributed by atoms with E-state index < -0.39 is 5.97 Å². The lowest BCUT2D eigenvalue weighted by atomic mass is 10.3. The highest BCUT2D eigenvalue weighted by atomic mass is 16.5. The second-order valence-corrected chi connectivity index (χ2v) is 9.10. The van der Waals surface area contributed by atoms with Crippen molar-refractivity contribution >= 4 is 23.4 Å². The lowest BCUT2D eigenvalue weighted by molar-refractivity contribution is 0.0689. The van der Waals surface area contributed by atoms with E-state index in [0.717, 1.165) is 23.7 Å². The summed E-state index contributed by atoms with van der Waals surface area (Å²) in [7, 11) is 3.60. The largest absolute Gasteiger partial charge is 0.476 e. The van der Waals surface area contributed by atoms with Gasteiger partial charge in [-0.05, 0) is 50.2 Å². The lowest BCUT2D eigenvalue weighted by Crippen LogP contribution is -2.23. The van der Waals surface area contributed by atoms with Crippen molar-refractivity contribution in [2.75, 3.05) is 37.5 Å². The van der Waals surface area contributed by atoms with Gasteiger partial charge in [0.15, 0.2) is 11.4 Å². The average Bonchev–Trinajstić information content (AvgIpc) is 3.60. The molecule has 0 radical (unpaired) electrons. The van der Waals surface area contributed by atoms with E-state index in [2.05, 4.69) is 30.7 Å². The number of carbonyl (C=O) groups is 2. The Morgan fingerprint density at radius 2 is 1.38 bits per heavy atom. The van der Waals surface area contributed by atoms with Crippen LogP contribution in [-0.2, 0) is 4.74 Å². The van der Waals surface area contributed by atoms with Gasteiger partial charge in [-0.15, -0.1) is 10.2 Å². The number of aryl methyl sites for hydroxylation is 2. The van der Waals surface area contributed by atoms with Crippen molar-refractivity contribution in [1.82, 2.24) is 35.0 Å². The number of anilines is 2. The van der Waals surface area contributed by atoms with Crippen LogP contribution in [0.1, 0.15) is 32.4 Å². The fourth-order valence-corrected chi connectivity index (χ4v) is 3.74. The van der Waals surface area contributed by atoms with Crippen molar-refractivity contribution in [2.45, 2.75) is 13.8 Å². The molecule has 3 heterocycles. The van der Waals surface area contributed by atoms with Crippen molar-refractivity contribution in [3.05, 3.63) is 102 Å². The molecule has 3 aromatic heterocycles. The third kappa shape index (κ3) is 7.40. The molecule has 216 valence electrons. The number of methoxy groups -OCH3 is 1. The summed E-state index contributed by atoms with van der Waals surface area (Å²) in [5, 5.41) is 28.2. The zero-order valence-electron chi connectivity index (χ0n) is 23.7. The van der Waals surface area contributed by atoms with Gasteiger partial charge < -0.3 is 20.1 Å². The second-order valence-electron chi connectivity index (χ2n) is 9.10. The molecule has 1 amide bonds. The SMILES string of the molecule is COCCN(C)c1ccc(NC(=O)c2nn(-c3ccccc3)nc2C)cn1.Cc1nn(-c2ccccc2)nc1C(=O)O. The number of carboxylic acid groups (broad SMARTS) is 1. The lowest BCUT2D eigenvalue weighted by Gasteiger charge is -2.17. The minimum absolute atomic E-state index is 0.0150. The number of ether oxygens (including phenoxy) is 1. The summed E-state index contributed by atoms with van der Waals surface area (Å²) in [5.41, 5.74) is 3.36. The normalized spacial score (nSPS) is 10.5. The number of rotatable bonds is 9. The Balaban J connectivity index is 0.000000227. The molecule has 0 saturated heterocycles. The first kappa shape index (κ1) is 29.6. The number of nitrogens with zero attached hydrogens (tertiary/aromatic N) is 8. The Morgan fingerprint density at radius 1 is 0.833 bits per heavy atom. The monoisotopic (exact) mass is 569 g/mol. The highest BCUT2D eigenvalue weighted by Crippen LogP contribution is 2.15. The van der Waals surface area contributed by atoms with Gasteiger partial charge in [0.1, 0.15) is 5.82 Å². The molecule has 13 nitrogen and oxygen atoms in total. The molecule has 0 spiro atoms. The molecule has 2 N–H and O–H groups in total. The highest BCUT2D eigenvalue weighted by molar-refractivity contribution is 6.03. The van der Waals surface area contributed by atoms with E-state index in [1.807, 2.05) is 78.7 Å². The maximum atomic E-state index is 12.6. The van der Waals surface area contributed by atoms with E-state index in [-0.39, 0.29) is 17.3 Å². The highest BCUT2D eigenvalue weighted by Gasteiger charge is 2.17. The number of likely N-dealkylation sites (N-methyl/N-ethyl adjacent to an activating group) is 1. The summed E-state index contributed by atoms with van der Waals surface area (Å²) in [4.78, 5) is 32.4. The first-order valence-electron chi connectivity index (χ1n) is 13.0. The van der Waals surface area contributed by atoms with E-state index in [9.17, 15) is 9.59 Å². The Morgan fingerprint density at radius 3 is 1.86 bits per heavy atom. The summed E-state index contributed by atoms with van der Waals surface area (Å²) in [6.45, 7) is 4.73. The standard InChI is InChI=1S/C19H22N6O2.C10H9N3O2/c1-14-18(23-25(22-14)16-7-5-4-6-8-16)19(26)21-15-9-10-17(20-13-15)24(2)11-12-27-3;1-7-9(10(14)15)12-13(11-7)8-5-3-2-4-6-8/h4-10,13H,11-12H2,1-3H3,(H,21,26);2-6H,1H3,(H,14,15). The molecule has 0 unspecified atom stereocenters. The van der Waals surface area contributed by atoms with E-state index in [0.29, 0.717) is 23.7 Å². The maximum Gasteiger partial charge on any atom is 0.358 e. The zero-order valence-corrected chi connectivity index (χ0v) is 23.7. The molecule has 0 fully saturated rings. The predicted octanol–water partition coefficient (Wildman–Crippen LogP) is 3.58. The van der Waals surface area contributed by atoms with Crippen molar-refractivity contribution in [3.63, 3.8) is 0 Å². The molecule has 0 aliphatic rings. The van der Waals surface area contributed by atoms with Gasteiger partial charge in [-0.3, -0.25) is 4.79 Å². The Bertz CT molecular complexity index is 1620. The topological polar surface area (TPSA) is 153 Å². The van der Waals surface area contributed by atoms with Crippen LogP contribution < -0.4 is 10.2 Å². The number of nitrogens with one attached hydrogen (secondary N) is 1. The van der Waals surface area contributed by atoms with Gasteiger partial charge in [0, 0.05) is 20.7 Å². The van der Waals surface area contributed by atoms with Crippen LogP contribution in [0.15, 0.2) is 79.0 Å². The first-order chi connectivity index (χ1) is 20.3. The number of aromatic carboxylic acids is 1. The minimum Gasteiger partial charge on any atom is -0.476 e. The summed E-state index contributed by atoms with van der Waals surface area (Å²) >= 11 is 0. The summed E-state index contributed by atoms with van der Waals surface area (Å²) in [5.74, 6) is -0.581. The molecular formula is C29H31N9O4. The van der Waals surface area contributed by atoms with Crippen molar-refractivity contribution in [3.8, 4) is 11.4 Å². The number of pyridine rings is 1. The molecule has 0 bridgehead atoms. The zero-order chi connectivity index (χ0) is 30.1. The Kier molecular flexibility index (Phi) is 9.69. The quantitative estimate of drug-likeness (QED) is 0.269. The third-order valence-electron chi connectivity index (χ3n) is 5.98. The molecule has 5 rings (SSSR count). The van der Waals surface area contributed by atoms with Gasteiger partial charge >= 0.3 is 5.97 Å². The summed E-state index contributed by atoms with van der Waals surface area (Å²) in [6, 6.07) is 22.3. The Hall–Kier alpha value is -5.43. The van der Waals surface area contributed by atoms with Gasteiger partial charge in [0.2, 0.25) is 0 Å². The third-order valence-corrected chi connectivity index (χ3v) is 5.98. The second kappa shape index (κ2) is 13.8. The van der Waals surface area contributed by atoms with Crippen molar-refractivity contribution in [2.24, 2.45) is 0 Å². The smallest absolute Gasteiger partial charge is 0.358 e. The maximum absolute atomic E-state index is 12.6. The van der Waals surface area contributed by atoms with E-state index in [1.165, 1.54) is 9.59 Å². The summed E-state index contributed by atoms with van der Waals surface area (Å²) in [6.07, 6.45) is 1.62. The molecule has 0 atom stereocenters. The number of hydrogen-bond acceptors (Lipinski definition) is 9. The van der Waals surface area contributed by atoms with Crippen LogP contribution >= 0.6 is 0 Å². The molecule has 0 saturated carbocycles. The van der Waals surface area contributed by atoms with Gasteiger partial charge in [0.05, 0.1) is 41.3 Å². The van der Waals surface area contributed by atoms with Crippen LogP contribution in [0, 0.1) is 13.8 Å². The Labute approximate surface area is 242 Å². The molecule has 2 aromatic carbocycles. The number of benzene rings is 2. The number of carbonyl (C=O) groups excluding carboxylic acids is 1. The molecule has 42 heavy (non-hydrogen) atoms. The van der Waals surface area contributed by atoms with Crippen LogP contribution in [0.5, 0.6) is 0 Å². The molecule has 0 aliphatic carbocycles. The summed E-state index contributed by atoms with van der Waals surface area (Å²) < 4.78 is 5.06. The van der Waals surface area contributed by atoms with Crippen LogP contribution in [-0.4, -0.2) is 79.3 Å². The number of para-hydroxylation sites is 2. The van der Waals surface area contributed by atoms with E-state index >= 15 is 0 Å². The number of aromatic nitrogens is 7. The number of hydrogen-bond donors (Lipinski definition) is 2. The molecule has 5 aromatic rings. The fraction of sp³-hybridized carbons (Fsp3) is 0.207. The minimum atomic E-state index is -1.06. The van der Waals surface area contributed by atoms with E-state index in [1.54, 1.807) is 33.2 Å². The molecule has 13 heteroatoms. The van der Waals surface area contributed by atoms with Crippen LogP contribution in [0.2, 0.25) is 0 Å². The van der Waals surface area contributed by atoms with Gasteiger partial charge in [0.25, 0.3) is 5.91 Å². The van der Waals surface area contributed by atoms with E-state index in [4.69, 9.17) is 9.84 Å². The molecular weight excluding hydrogens is 538 g/mol. The van der Waals surface area contributed by atoms with Crippen molar-refractivity contribution in [1.29, 1.82) is 0 Å². The van der Waals surface area contributed by atoms with Gasteiger partial charge in [-0.1, -0.05) is 36.4 Å². The first-order valence-corrected chi connectivity index (χ1v) is 13.0. The van der Waals surface area contributed by atoms with Gasteiger partial charge in [-0.2, -0.15) is 19.8 Å². The molecule has 0 aliphatic heterocycles. The van der Waals surface area contributed by atoms with Gasteiger partial charge in [-0.25, -0.2) is 9.78 Å². The predicted molar refractivity (Wildman–Crippen MR) is 156 cm³/mol. The number of carboxylic acids is 1. The van der Waals surface area contributed by atoms with Crippen LogP contribution in [0.3, 0.4) is 0 Å². The van der Waals surface area contributed by atoms with Crippen LogP contribution in [0.25, 0.3) is 11.4 Å². The van der Waals surface area contributed by atoms with Crippen LogP contribution in [0.4, 0.5) is 11.5 Å². The average molecular weight is 570 g/mol. The fourth-order valence-electron chi connectivity index (χ4n) is 3.74.